The largest absolute Gasteiger partial charge is 0.397 e. The molecule has 3 nitrogen and oxygen atoms in total. The molecular formula is C15H19N3. The van der Waals surface area contributed by atoms with E-state index < -0.39 is 0 Å². The maximum Gasteiger partial charge on any atom is 0.0600 e. The molecule has 0 saturated heterocycles. The number of anilines is 2. The number of nitrogens with two attached hydrogens (primary N) is 1. The van der Waals surface area contributed by atoms with Crippen LogP contribution < -0.4 is 10.6 Å². The number of hydrogen-bond acceptors (Lipinski definition) is 3. The van der Waals surface area contributed by atoms with E-state index in [1.807, 2.05) is 24.4 Å². The van der Waals surface area contributed by atoms with Crippen LogP contribution in [0, 0.1) is 6.92 Å². The summed E-state index contributed by atoms with van der Waals surface area (Å²) in [5, 5.41) is 0. The number of likely N-dealkylation sites (N-methyl/N-ethyl adjacent to an activating group) is 1. The lowest BCUT2D eigenvalue weighted by Crippen LogP contribution is -2.21. The minimum atomic E-state index is 0.828. The van der Waals surface area contributed by atoms with E-state index in [1.54, 1.807) is 6.20 Å². The van der Waals surface area contributed by atoms with Gasteiger partial charge in [0.15, 0.2) is 0 Å². The summed E-state index contributed by atoms with van der Waals surface area (Å²) >= 11 is 0. The fourth-order valence-corrected chi connectivity index (χ4v) is 1.95. The molecule has 0 unspecified atom stereocenters. The highest BCUT2D eigenvalue weighted by Gasteiger charge is 2.05. The van der Waals surface area contributed by atoms with Crippen LogP contribution in [0.25, 0.3) is 0 Å². The van der Waals surface area contributed by atoms with Gasteiger partial charge in [0.1, 0.15) is 0 Å². The molecule has 1 heterocycles. The van der Waals surface area contributed by atoms with E-state index in [2.05, 4.69) is 36.0 Å². The first-order valence-electron chi connectivity index (χ1n) is 6.13. The third-order valence-electron chi connectivity index (χ3n) is 3.06. The number of aromatic nitrogens is 1. The lowest BCUT2D eigenvalue weighted by atomic mass is 10.1. The third-order valence-corrected chi connectivity index (χ3v) is 3.06. The highest BCUT2D eigenvalue weighted by molar-refractivity contribution is 5.68. The van der Waals surface area contributed by atoms with Crippen LogP contribution >= 0.6 is 0 Å². The number of rotatable bonds is 4. The van der Waals surface area contributed by atoms with Crippen LogP contribution in [0.2, 0.25) is 0 Å². The zero-order chi connectivity index (χ0) is 13.0. The first-order valence-corrected chi connectivity index (χ1v) is 6.13. The monoisotopic (exact) mass is 241 g/mol. The van der Waals surface area contributed by atoms with Gasteiger partial charge in [0.05, 0.1) is 11.4 Å². The Balaban J connectivity index is 2.03. The summed E-state index contributed by atoms with van der Waals surface area (Å²) in [5.74, 6) is 0. The van der Waals surface area contributed by atoms with Gasteiger partial charge in [0.2, 0.25) is 0 Å². The van der Waals surface area contributed by atoms with Gasteiger partial charge >= 0.3 is 0 Å². The smallest absolute Gasteiger partial charge is 0.0600 e. The van der Waals surface area contributed by atoms with Crippen molar-refractivity contribution in [3.63, 3.8) is 0 Å². The summed E-state index contributed by atoms with van der Waals surface area (Å²) in [4.78, 5) is 6.31. The molecule has 18 heavy (non-hydrogen) atoms. The van der Waals surface area contributed by atoms with Crippen LogP contribution in [-0.4, -0.2) is 18.6 Å². The van der Waals surface area contributed by atoms with Crippen molar-refractivity contribution in [3.8, 4) is 0 Å². The van der Waals surface area contributed by atoms with Gasteiger partial charge in [-0.15, -0.1) is 0 Å². The molecule has 1 aromatic heterocycles. The van der Waals surface area contributed by atoms with Crippen molar-refractivity contribution in [2.45, 2.75) is 13.3 Å². The predicted molar refractivity (Wildman–Crippen MR) is 76.8 cm³/mol. The molecule has 3 heteroatoms. The summed E-state index contributed by atoms with van der Waals surface area (Å²) in [5.41, 5.74) is 10.4. The molecule has 0 bridgehead atoms. The molecule has 2 aromatic rings. The van der Waals surface area contributed by atoms with Crippen molar-refractivity contribution in [1.29, 1.82) is 0 Å². The molecule has 94 valence electrons. The molecule has 0 radical (unpaired) electrons. The van der Waals surface area contributed by atoms with E-state index in [9.17, 15) is 0 Å². The minimum Gasteiger partial charge on any atom is -0.397 e. The predicted octanol–water partition coefficient (Wildman–Crippen LogP) is 2.65. The van der Waals surface area contributed by atoms with Gasteiger partial charge in [0, 0.05) is 26.0 Å². The number of hydrogen-bond donors (Lipinski definition) is 1. The Bertz CT molecular complexity index is 508. The Kier molecular flexibility index (Phi) is 3.82. The van der Waals surface area contributed by atoms with Crippen molar-refractivity contribution in [2.24, 2.45) is 0 Å². The topological polar surface area (TPSA) is 42.1 Å². The quantitative estimate of drug-likeness (QED) is 0.837. The van der Waals surface area contributed by atoms with Gasteiger partial charge < -0.3 is 10.6 Å². The number of aryl methyl sites for hydroxylation is 1. The van der Waals surface area contributed by atoms with Crippen LogP contribution in [0.15, 0.2) is 42.7 Å². The summed E-state index contributed by atoms with van der Waals surface area (Å²) in [6.45, 7) is 3.01. The second-order valence-corrected chi connectivity index (χ2v) is 4.60. The van der Waals surface area contributed by atoms with E-state index in [0.29, 0.717) is 0 Å². The molecule has 0 fully saturated rings. The number of benzene rings is 1. The standard InChI is InChI=1S/C15H19N3/c1-12-5-6-14(16)15(10-12)18(2)9-7-13-4-3-8-17-11-13/h3-6,8,10-11H,7,9,16H2,1-2H3. The number of pyridine rings is 1. The van der Waals surface area contributed by atoms with Crippen molar-refractivity contribution < 1.29 is 0 Å². The Morgan fingerprint density at radius 1 is 1.28 bits per heavy atom. The Morgan fingerprint density at radius 3 is 2.83 bits per heavy atom. The molecule has 0 spiro atoms. The van der Waals surface area contributed by atoms with Crippen molar-refractivity contribution >= 4 is 11.4 Å². The zero-order valence-corrected chi connectivity index (χ0v) is 10.9. The summed E-state index contributed by atoms with van der Waals surface area (Å²) < 4.78 is 0. The number of nitrogen functional groups attached to an aromatic ring is 1. The molecule has 0 aliphatic rings. The van der Waals surface area contributed by atoms with Crippen LogP contribution in [-0.2, 0) is 6.42 Å². The van der Waals surface area contributed by atoms with E-state index in [-0.39, 0.29) is 0 Å². The highest BCUT2D eigenvalue weighted by atomic mass is 15.1. The van der Waals surface area contributed by atoms with E-state index in [4.69, 9.17) is 5.73 Å². The van der Waals surface area contributed by atoms with Gasteiger partial charge in [-0.2, -0.15) is 0 Å². The van der Waals surface area contributed by atoms with E-state index in [1.165, 1.54) is 11.1 Å². The maximum absolute atomic E-state index is 6.01. The zero-order valence-electron chi connectivity index (χ0n) is 10.9. The Labute approximate surface area is 108 Å². The average Bonchev–Trinajstić information content (AvgIpc) is 2.40. The summed E-state index contributed by atoms with van der Waals surface area (Å²) in [6, 6.07) is 10.2. The summed E-state index contributed by atoms with van der Waals surface area (Å²) in [7, 11) is 2.07. The van der Waals surface area contributed by atoms with Gasteiger partial charge in [-0.25, -0.2) is 0 Å². The molecule has 0 saturated carbocycles. The van der Waals surface area contributed by atoms with Crippen LogP contribution in [0.5, 0.6) is 0 Å². The minimum absolute atomic E-state index is 0.828. The first kappa shape index (κ1) is 12.4. The normalized spacial score (nSPS) is 10.3. The van der Waals surface area contributed by atoms with Crippen molar-refractivity contribution in [2.75, 3.05) is 24.2 Å². The molecule has 0 aliphatic heterocycles. The second-order valence-electron chi connectivity index (χ2n) is 4.60. The highest BCUT2D eigenvalue weighted by Crippen LogP contribution is 2.23. The Hall–Kier alpha value is -2.03. The van der Waals surface area contributed by atoms with Crippen molar-refractivity contribution in [3.05, 3.63) is 53.9 Å². The molecule has 0 aliphatic carbocycles. The lowest BCUT2D eigenvalue weighted by molar-refractivity contribution is 0.873. The van der Waals surface area contributed by atoms with Crippen molar-refractivity contribution in [1.82, 2.24) is 4.98 Å². The molecule has 0 amide bonds. The van der Waals surface area contributed by atoms with Gasteiger partial charge in [-0.3, -0.25) is 4.98 Å². The van der Waals surface area contributed by atoms with Gasteiger partial charge in [-0.1, -0.05) is 12.1 Å². The molecule has 1 aromatic carbocycles. The van der Waals surface area contributed by atoms with E-state index >= 15 is 0 Å². The molecule has 2 rings (SSSR count). The lowest BCUT2D eigenvalue weighted by Gasteiger charge is -2.21. The third kappa shape index (κ3) is 3.00. The molecular weight excluding hydrogens is 222 g/mol. The van der Waals surface area contributed by atoms with Crippen LogP contribution in [0.1, 0.15) is 11.1 Å². The Morgan fingerprint density at radius 2 is 2.11 bits per heavy atom. The fourth-order valence-electron chi connectivity index (χ4n) is 1.95. The van der Waals surface area contributed by atoms with E-state index in [0.717, 1.165) is 24.3 Å². The first-order chi connectivity index (χ1) is 8.66. The van der Waals surface area contributed by atoms with Crippen LogP contribution in [0.4, 0.5) is 11.4 Å². The fraction of sp³-hybridized carbons (Fsp3) is 0.267. The summed E-state index contributed by atoms with van der Waals surface area (Å²) in [6.07, 6.45) is 4.68. The second kappa shape index (κ2) is 5.54. The van der Waals surface area contributed by atoms with Gasteiger partial charge in [0.25, 0.3) is 0 Å². The SMILES string of the molecule is Cc1ccc(N)c(N(C)CCc2cccnc2)c1. The average molecular weight is 241 g/mol. The maximum atomic E-state index is 6.01. The van der Waals surface area contributed by atoms with Gasteiger partial charge in [-0.05, 0) is 42.7 Å². The van der Waals surface area contributed by atoms with Crippen LogP contribution in [0.3, 0.4) is 0 Å². The molecule has 0 atom stereocenters. The number of nitrogens with zero attached hydrogens (tertiary/aromatic N) is 2. The molecule has 2 N–H and O–H groups in total.